The van der Waals surface area contributed by atoms with Crippen LogP contribution in [0.2, 0.25) is 0 Å². The number of fused-ring (bicyclic) bond motifs is 1. The van der Waals surface area contributed by atoms with E-state index in [1.54, 1.807) is 0 Å². The molecule has 0 radical (unpaired) electrons. The molecule has 2 aromatic heterocycles. The van der Waals surface area contributed by atoms with Gasteiger partial charge in [0.2, 0.25) is 5.91 Å². The summed E-state index contributed by atoms with van der Waals surface area (Å²) in [6.07, 6.45) is -2.12. The summed E-state index contributed by atoms with van der Waals surface area (Å²) in [5, 5.41) is 25.6. The van der Waals surface area contributed by atoms with Crippen LogP contribution in [0.4, 0.5) is 5.82 Å². The van der Waals surface area contributed by atoms with Crippen molar-refractivity contribution >= 4 is 22.8 Å². The molecular weight excluding hydrogens is 228 g/mol. The number of rotatable bonds is 3. The molecule has 0 aliphatic rings. The lowest BCUT2D eigenvalue weighted by Gasteiger charge is -2.13. The van der Waals surface area contributed by atoms with Crippen molar-refractivity contribution in [3.8, 4) is 0 Å². The lowest BCUT2D eigenvalue weighted by Crippen LogP contribution is -2.34. The van der Waals surface area contributed by atoms with Crippen LogP contribution in [-0.4, -0.2) is 42.4 Å². The van der Waals surface area contributed by atoms with Crippen LogP contribution in [0.15, 0.2) is 6.33 Å². The highest BCUT2D eigenvalue weighted by atomic mass is 16.3. The molecular formula is C8H10N6O3. The Morgan fingerprint density at radius 1 is 1.41 bits per heavy atom. The molecule has 0 saturated heterocycles. The number of nitrogen functional groups attached to an aromatic ring is 1. The monoisotopic (exact) mass is 238 g/mol. The highest BCUT2D eigenvalue weighted by molar-refractivity contribution is 5.89. The Morgan fingerprint density at radius 3 is 2.76 bits per heavy atom. The first-order chi connectivity index (χ1) is 8.02. The Bertz CT molecular complexity index is 567. The number of hydrogen-bond donors (Lipinski definition) is 5. The molecule has 0 fully saturated rings. The van der Waals surface area contributed by atoms with Crippen molar-refractivity contribution in [2.24, 2.45) is 5.73 Å². The first kappa shape index (κ1) is 11.2. The average Bonchev–Trinajstić information content (AvgIpc) is 2.72. The van der Waals surface area contributed by atoms with Gasteiger partial charge < -0.3 is 21.7 Å². The van der Waals surface area contributed by atoms with Gasteiger partial charge in [0.05, 0.1) is 11.1 Å². The third kappa shape index (κ3) is 1.77. The number of nitrogens with two attached hydrogens (primary N) is 2. The number of carbonyl (C=O) groups excluding carboxylic acids is 1. The van der Waals surface area contributed by atoms with Crippen LogP contribution in [0.5, 0.6) is 0 Å². The van der Waals surface area contributed by atoms with Gasteiger partial charge in [-0.25, -0.2) is 9.97 Å². The summed E-state index contributed by atoms with van der Waals surface area (Å²) in [5.41, 5.74) is 10.7. The van der Waals surface area contributed by atoms with Gasteiger partial charge in [0.15, 0.2) is 11.8 Å². The maximum absolute atomic E-state index is 10.8. The molecule has 0 saturated carbocycles. The van der Waals surface area contributed by atoms with Gasteiger partial charge in [-0.15, -0.1) is 0 Å². The summed E-state index contributed by atoms with van der Waals surface area (Å²) in [5.74, 6) is -0.981. The molecule has 0 spiro atoms. The van der Waals surface area contributed by atoms with E-state index in [0.29, 0.717) is 0 Å². The van der Waals surface area contributed by atoms with Crippen molar-refractivity contribution < 1.29 is 15.0 Å². The van der Waals surface area contributed by atoms with Crippen molar-refractivity contribution in [1.82, 2.24) is 20.2 Å². The van der Waals surface area contributed by atoms with Crippen LogP contribution in [0.1, 0.15) is 11.8 Å². The van der Waals surface area contributed by atoms with E-state index in [1.165, 1.54) is 6.33 Å². The number of primary amides is 1. The second kappa shape index (κ2) is 3.96. The van der Waals surface area contributed by atoms with E-state index in [0.717, 1.165) is 0 Å². The number of aromatic amines is 1. The lowest BCUT2D eigenvalue weighted by molar-refractivity contribution is -0.132. The van der Waals surface area contributed by atoms with Crippen LogP contribution in [0, 0.1) is 0 Å². The number of amides is 1. The Hall–Kier alpha value is -2.26. The number of hydrogen-bond acceptors (Lipinski definition) is 7. The molecule has 2 unspecified atom stereocenters. The van der Waals surface area contributed by atoms with E-state index in [2.05, 4.69) is 20.2 Å². The number of aliphatic hydroxyl groups excluding tert-OH is 2. The minimum absolute atomic E-state index is 0.0457. The molecule has 90 valence electrons. The Balaban J connectivity index is 2.52. The highest BCUT2D eigenvalue weighted by Crippen LogP contribution is 2.25. The zero-order valence-electron chi connectivity index (χ0n) is 8.53. The second-order valence-electron chi connectivity index (χ2n) is 3.39. The van der Waals surface area contributed by atoms with Gasteiger partial charge in [-0.2, -0.15) is 5.10 Å². The fourth-order valence-corrected chi connectivity index (χ4v) is 1.43. The van der Waals surface area contributed by atoms with E-state index in [-0.39, 0.29) is 22.5 Å². The van der Waals surface area contributed by atoms with Crippen molar-refractivity contribution in [3.05, 3.63) is 12.0 Å². The molecule has 9 heteroatoms. The number of H-pyrrole nitrogens is 1. The molecule has 7 N–H and O–H groups in total. The standard InChI is InChI=1S/C8H10N6O3/c9-6-2-3(4(15)5(16)7(10)17)13-14-8(2)12-1-11-6/h1,4-5,15-16H,(H2,10,17)(H3,9,11,12,13,14). The van der Waals surface area contributed by atoms with Crippen molar-refractivity contribution in [1.29, 1.82) is 0 Å². The molecule has 2 aromatic rings. The molecule has 1 amide bonds. The summed E-state index contributed by atoms with van der Waals surface area (Å²) >= 11 is 0. The van der Waals surface area contributed by atoms with Crippen LogP contribution >= 0.6 is 0 Å². The molecule has 0 aliphatic heterocycles. The number of aliphatic hydroxyl groups is 2. The summed E-state index contributed by atoms with van der Waals surface area (Å²) < 4.78 is 0. The fourth-order valence-electron chi connectivity index (χ4n) is 1.43. The van der Waals surface area contributed by atoms with E-state index in [9.17, 15) is 15.0 Å². The first-order valence-electron chi connectivity index (χ1n) is 4.62. The molecule has 0 aliphatic carbocycles. The minimum atomic E-state index is -1.77. The lowest BCUT2D eigenvalue weighted by atomic mass is 10.1. The number of nitrogens with one attached hydrogen (secondary N) is 1. The van der Waals surface area contributed by atoms with Crippen LogP contribution in [-0.2, 0) is 4.79 Å². The largest absolute Gasteiger partial charge is 0.383 e. The van der Waals surface area contributed by atoms with E-state index < -0.39 is 18.1 Å². The quantitative estimate of drug-likeness (QED) is 0.405. The normalized spacial score (nSPS) is 14.7. The van der Waals surface area contributed by atoms with Crippen molar-refractivity contribution in [2.75, 3.05) is 5.73 Å². The second-order valence-corrected chi connectivity index (χ2v) is 3.39. The van der Waals surface area contributed by atoms with Gasteiger partial charge in [0, 0.05) is 0 Å². The first-order valence-corrected chi connectivity index (χ1v) is 4.62. The highest BCUT2D eigenvalue weighted by Gasteiger charge is 2.28. The maximum atomic E-state index is 10.8. The number of carbonyl (C=O) groups is 1. The Morgan fingerprint density at radius 2 is 2.12 bits per heavy atom. The van der Waals surface area contributed by atoms with Crippen molar-refractivity contribution in [2.45, 2.75) is 12.2 Å². The van der Waals surface area contributed by atoms with Crippen LogP contribution < -0.4 is 11.5 Å². The number of aromatic nitrogens is 4. The summed E-state index contributed by atoms with van der Waals surface area (Å²) in [6, 6.07) is 0. The zero-order chi connectivity index (χ0) is 12.6. The number of nitrogens with zero attached hydrogens (tertiary/aromatic N) is 3. The van der Waals surface area contributed by atoms with Gasteiger partial charge in [-0.1, -0.05) is 0 Å². The third-order valence-electron chi connectivity index (χ3n) is 2.29. The molecule has 2 atom stereocenters. The zero-order valence-corrected chi connectivity index (χ0v) is 8.53. The van der Waals surface area contributed by atoms with Crippen molar-refractivity contribution in [3.63, 3.8) is 0 Å². The molecule has 9 nitrogen and oxygen atoms in total. The topological polar surface area (TPSA) is 164 Å². The molecule has 2 heterocycles. The fraction of sp³-hybridized carbons (Fsp3) is 0.250. The predicted octanol–water partition coefficient (Wildman–Crippen LogP) is -2.19. The van der Waals surface area contributed by atoms with Gasteiger partial charge in [0.1, 0.15) is 18.2 Å². The molecule has 0 bridgehead atoms. The number of anilines is 1. The van der Waals surface area contributed by atoms with Gasteiger partial charge >= 0.3 is 0 Å². The minimum Gasteiger partial charge on any atom is -0.383 e. The maximum Gasteiger partial charge on any atom is 0.249 e. The smallest absolute Gasteiger partial charge is 0.249 e. The summed E-state index contributed by atoms with van der Waals surface area (Å²) in [6.45, 7) is 0. The molecule has 17 heavy (non-hydrogen) atoms. The van der Waals surface area contributed by atoms with Crippen LogP contribution in [0.3, 0.4) is 0 Å². The van der Waals surface area contributed by atoms with E-state index >= 15 is 0 Å². The Kier molecular flexibility index (Phi) is 2.61. The predicted molar refractivity (Wildman–Crippen MR) is 56.3 cm³/mol. The molecule has 0 aromatic carbocycles. The van der Waals surface area contributed by atoms with Crippen LogP contribution in [0.25, 0.3) is 11.0 Å². The SMILES string of the molecule is NC(=O)C(O)C(O)c1[nH]nc2ncnc(N)c12. The average molecular weight is 238 g/mol. The van der Waals surface area contributed by atoms with Gasteiger partial charge in [0.25, 0.3) is 0 Å². The third-order valence-corrected chi connectivity index (χ3v) is 2.29. The van der Waals surface area contributed by atoms with Gasteiger partial charge in [-0.3, -0.25) is 9.89 Å². The summed E-state index contributed by atoms with van der Waals surface area (Å²) in [4.78, 5) is 18.3. The summed E-state index contributed by atoms with van der Waals surface area (Å²) in [7, 11) is 0. The Labute approximate surface area is 94.5 Å². The van der Waals surface area contributed by atoms with Gasteiger partial charge in [-0.05, 0) is 0 Å². The van der Waals surface area contributed by atoms with E-state index in [1.807, 2.05) is 0 Å². The molecule has 2 rings (SSSR count). The van der Waals surface area contributed by atoms with E-state index in [4.69, 9.17) is 11.5 Å².